The van der Waals surface area contributed by atoms with E-state index < -0.39 is 0 Å². The van der Waals surface area contributed by atoms with Crippen LogP contribution < -0.4 is 5.32 Å². The maximum absolute atomic E-state index is 12.0. The molecule has 1 N–H and O–H groups in total. The zero-order valence-corrected chi connectivity index (χ0v) is 11.8. The zero-order valence-electron chi connectivity index (χ0n) is 11.1. The van der Waals surface area contributed by atoms with Crippen LogP contribution in [0, 0.1) is 0 Å². The predicted octanol–water partition coefficient (Wildman–Crippen LogP) is 3.46. The van der Waals surface area contributed by atoms with Crippen LogP contribution in [0.5, 0.6) is 0 Å². The van der Waals surface area contributed by atoms with Crippen molar-refractivity contribution in [3.63, 3.8) is 0 Å². The number of nitrogens with zero attached hydrogens (tertiary/aromatic N) is 2. The number of benzene rings is 1. The second-order valence-corrected chi connectivity index (χ2v) is 4.97. The Morgan fingerprint density at radius 1 is 1.00 bits per heavy atom. The van der Waals surface area contributed by atoms with E-state index in [1.807, 2.05) is 42.5 Å². The van der Waals surface area contributed by atoms with Gasteiger partial charge in [0, 0.05) is 5.39 Å². The Morgan fingerprint density at radius 3 is 2.57 bits per heavy atom. The molecule has 1 aromatic carbocycles. The van der Waals surface area contributed by atoms with Gasteiger partial charge in [-0.1, -0.05) is 41.9 Å². The molecule has 0 spiro atoms. The van der Waals surface area contributed by atoms with E-state index in [0.29, 0.717) is 23.0 Å². The van der Waals surface area contributed by atoms with E-state index in [2.05, 4.69) is 15.3 Å². The molecule has 104 valence electrons. The lowest BCUT2D eigenvalue weighted by atomic mass is 10.1. The van der Waals surface area contributed by atoms with Gasteiger partial charge >= 0.3 is 0 Å². The van der Waals surface area contributed by atoms with E-state index in [9.17, 15) is 4.79 Å². The molecule has 0 aliphatic rings. The van der Waals surface area contributed by atoms with Crippen molar-refractivity contribution in [2.24, 2.45) is 0 Å². The van der Waals surface area contributed by atoms with Crippen LogP contribution in [0.2, 0.25) is 5.15 Å². The molecule has 3 rings (SSSR count). The third kappa shape index (κ3) is 3.35. The molecule has 3 aromatic rings. The fourth-order valence-electron chi connectivity index (χ4n) is 2.01. The highest BCUT2D eigenvalue weighted by molar-refractivity contribution is 6.29. The van der Waals surface area contributed by atoms with Gasteiger partial charge in [-0.25, -0.2) is 9.97 Å². The second-order valence-electron chi connectivity index (χ2n) is 4.59. The fraction of sp³-hybridized carbons (Fsp3) is 0.0625. The fourth-order valence-corrected chi connectivity index (χ4v) is 2.16. The van der Waals surface area contributed by atoms with Gasteiger partial charge < -0.3 is 5.32 Å². The van der Waals surface area contributed by atoms with Crippen LogP contribution in [0.15, 0.2) is 54.6 Å². The average Bonchev–Trinajstić information content (AvgIpc) is 2.47. The van der Waals surface area contributed by atoms with E-state index >= 15 is 0 Å². The Balaban J connectivity index is 1.76. The number of carbonyl (C=O) groups excluding carboxylic acids is 1. The molecule has 0 aliphatic heterocycles. The van der Waals surface area contributed by atoms with Crippen molar-refractivity contribution in [3.8, 4) is 0 Å². The van der Waals surface area contributed by atoms with Crippen LogP contribution >= 0.6 is 11.6 Å². The SMILES string of the molecule is O=C(Cc1ccccc1)Nc1ccc2ccc(Cl)nc2n1. The summed E-state index contributed by atoms with van der Waals surface area (Å²) < 4.78 is 0. The average molecular weight is 298 g/mol. The molecular weight excluding hydrogens is 286 g/mol. The van der Waals surface area contributed by atoms with Crippen LogP contribution in [-0.4, -0.2) is 15.9 Å². The Hall–Kier alpha value is -2.46. The van der Waals surface area contributed by atoms with Crippen molar-refractivity contribution in [2.75, 3.05) is 5.32 Å². The van der Waals surface area contributed by atoms with E-state index in [1.54, 1.807) is 12.1 Å². The minimum absolute atomic E-state index is 0.116. The first-order chi connectivity index (χ1) is 10.2. The van der Waals surface area contributed by atoms with Crippen LogP contribution in [-0.2, 0) is 11.2 Å². The van der Waals surface area contributed by atoms with Gasteiger partial charge in [0.25, 0.3) is 0 Å². The van der Waals surface area contributed by atoms with Gasteiger partial charge in [-0.15, -0.1) is 0 Å². The number of carbonyl (C=O) groups is 1. The normalized spacial score (nSPS) is 10.5. The maximum atomic E-state index is 12.0. The summed E-state index contributed by atoms with van der Waals surface area (Å²) in [5, 5.41) is 4.02. The summed E-state index contributed by atoms with van der Waals surface area (Å²) in [6.45, 7) is 0. The smallest absolute Gasteiger partial charge is 0.229 e. The van der Waals surface area contributed by atoms with Crippen molar-refractivity contribution in [2.45, 2.75) is 6.42 Å². The summed E-state index contributed by atoms with van der Waals surface area (Å²) in [5.41, 5.74) is 1.47. The Morgan fingerprint density at radius 2 is 1.76 bits per heavy atom. The minimum atomic E-state index is -0.116. The second kappa shape index (κ2) is 5.89. The molecule has 0 radical (unpaired) electrons. The number of aromatic nitrogens is 2. The summed E-state index contributed by atoms with van der Waals surface area (Å²) >= 11 is 5.85. The summed E-state index contributed by atoms with van der Waals surface area (Å²) in [6, 6.07) is 16.7. The molecule has 0 saturated heterocycles. The molecule has 5 heteroatoms. The summed E-state index contributed by atoms with van der Waals surface area (Å²) in [7, 11) is 0. The lowest BCUT2D eigenvalue weighted by Gasteiger charge is -2.05. The lowest BCUT2D eigenvalue weighted by molar-refractivity contribution is -0.115. The number of fused-ring (bicyclic) bond motifs is 1. The minimum Gasteiger partial charge on any atom is -0.310 e. The third-order valence-electron chi connectivity index (χ3n) is 2.99. The summed E-state index contributed by atoms with van der Waals surface area (Å²) in [6.07, 6.45) is 0.309. The monoisotopic (exact) mass is 297 g/mol. The zero-order chi connectivity index (χ0) is 14.7. The topological polar surface area (TPSA) is 54.9 Å². The highest BCUT2D eigenvalue weighted by Gasteiger charge is 2.06. The number of rotatable bonds is 3. The van der Waals surface area contributed by atoms with Crippen molar-refractivity contribution in [1.29, 1.82) is 0 Å². The molecule has 0 fully saturated rings. The van der Waals surface area contributed by atoms with Gasteiger partial charge in [-0.2, -0.15) is 0 Å². The Labute approximate surface area is 126 Å². The Kier molecular flexibility index (Phi) is 3.79. The predicted molar refractivity (Wildman–Crippen MR) is 83.3 cm³/mol. The summed E-state index contributed by atoms with van der Waals surface area (Å²) in [4.78, 5) is 20.4. The number of anilines is 1. The number of pyridine rings is 2. The molecule has 2 heterocycles. The van der Waals surface area contributed by atoms with Crippen LogP contribution in [0.4, 0.5) is 5.82 Å². The molecule has 2 aromatic heterocycles. The lowest BCUT2D eigenvalue weighted by Crippen LogP contribution is -2.15. The number of hydrogen-bond acceptors (Lipinski definition) is 3. The molecule has 4 nitrogen and oxygen atoms in total. The largest absolute Gasteiger partial charge is 0.310 e. The molecule has 0 aliphatic carbocycles. The van der Waals surface area contributed by atoms with E-state index in [4.69, 9.17) is 11.6 Å². The van der Waals surface area contributed by atoms with E-state index in [0.717, 1.165) is 10.9 Å². The van der Waals surface area contributed by atoms with Gasteiger partial charge in [-0.3, -0.25) is 4.79 Å². The molecule has 0 bridgehead atoms. The molecule has 0 saturated carbocycles. The van der Waals surface area contributed by atoms with Crippen molar-refractivity contribution >= 4 is 34.4 Å². The highest BCUT2D eigenvalue weighted by atomic mass is 35.5. The first kappa shape index (κ1) is 13.5. The van der Waals surface area contributed by atoms with Gasteiger partial charge in [0.1, 0.15) is 11.0 Å². The van der Waals surface area contributed by atoms with Crippen LogP contribution in [0.25, 0.3) is 11.0 Å². The van der Waals surface area contributed by atoms with Crippen molar-refractivity contribution in [3.05, 3.63) is 65.3 Å². The first-order valence-corrected chi connectivity index (χ1v) is 6.85. The molecule has 1 amide bonds. The first-order valence-electron chi connectivity index (χ1n) is 6.48. The van der Waals surface area contributed by atoms with E-state index in [-0.39, 0.29) is 5.91 Å². The van der Waals surface area contributed by atoms with E-state index in [1.165, 1.54) is 0 Å². The standard InChI is InChI=1S/C16H12ClN3O/c17-13-8-6-12-7-9-14(20-16(12)18-13)19-15(21)10-11-4-2-1-3-5-11/h1-9H,10H2,(H,18,19,20,21). The van der Waals surface area contributed by atoms with Crippen molar-refractivity contribution in [1.82, 2.24) is 9.97 Å². The number of amides is 1. The van der Waals surface area contributed by atoms with Gasteiger partial charge in [0.15, 0.2) is 5.65 Å². The van der Waals surface area contributed by atoms with Gasteiger partial charge in [-0.05, 0) is 29.8 Å². The maximum Gasteiger partial charge on any atom is 0.229 e. The van der Waals surface area contributed by atoms with Crippen LogP contribution in [0.1, 0.15) is 5.56 Å². The quantitative estimate of drug-likeness (QED) is 0.753. The molecule has 0 atom stereocenters. The number of halogens is 1. The highest BCUT2D eigenvalue weighted by Crippen LogP contribution is 2.16. The summed E-state index contributed by atoms with van der Waals surface area (Å²) in [5.74, 6) is 0.355. The number of nitrogens with one attached hydrogen (secondary N) is 1. The van der Waals surface area contributed by atoms with Gasteiger partial charge in [0.2, 0.25) is 5.91 Å². The number of hydrogen-bond donors (Lipinski definition) is 1. The molecular formula is C16H12ClN3O. The molecule has 21 heavy (non-hydrogen) atoms. The molecule has 0 unspecified atom stereocenters. The van der Waals surface area contributed by atoms with Crippen LogP contribution in [0.3, 0.4) is 0 Å². The Bertz CT molecular complexity index is 790. The van der Waals surface area contributed by atoms with Crippen molar-refractivity contribution < 1.29 is 4.79 Å². The third-order valence-corrected chi connectivity index (χ3v) is 3.20. The van der Waals surface area contributed by atoms with Gasteiger partial charge in [0.05, 0.1) is 6.42 Å².